The van der Waals surface area contributed by atoms with Gasteiger partial charge >= 0.3 is 0 Å². The van der Waals surface area contributed by atoms with Crippen molar-refractivity contribution in [3.05, 3.63) is 69.9 Å². The first-order chi connectivity index (χ1) is 15.2. The molecule has 0 radical (unpaired) electrons. The van der Waals surface area contributed by atoms with Gasteiger partial charge in [-0.1, -0.05) is 45.2 Å². The average Bonchev–Trinajstić information content (AvgIpc) is 2.79. The Hall–Kier alpha value is -2.96. The van der Waals surface area contributed by atoms with E-state index < -0.39 is 16.9 Å². The van der Waals surface area contributed by atoms with Gasteiger partial charge < -0.3 is 14.8 Å². The maximum atomic E-state index is 13.2. The van der Waals surface area contributed by atoms with E-state index in [4.69, 9.17) is 0 Å². The van der Waals surface area contributed by atoms with E-state index in [-0.39, 0.29) is 36.4 Å². The van der Waals surface area contributed by atoms with E-state index in [0.717, 1.165) is 31.2 Å². The van der Waals surface area contributed by atoms with Crippen LogP contribution in [-0.2, 0) is 16.8 Å². The fourth-order valence-corrected chi connectivity index (χ4v) is 4.16. The van der Waals surface area contributed by atoms with Crippen LogP contribution in [-0.4, -0.2) is 40.9 Å². The zero-order valence-electron chi connectivity index (χ0n) is 19.1. The molecule has 2 aromatic rings. The molecule has 1 aliphatic carbocycles. The standard InChI is InChI=1S/C25H32FN3O3/c1-25(2,18-11-13-19(26)14-12-18)17-27-23(31)21-10-7-15-29(24(21)32)16-22(30)28(3)20-8-5-4-6-9-20/h7,10-15,20H,4-6,8-9,16-17H2,1-3H3,(H,27,31). The zero-order valence-corrected chi connectivity index (χ0v) is 19.1. The molecule has 1 aliphatic rings. The Bertz CT molecular complexity index is 1010. The van der Waals surface area contributed by atoms with Crippen molar-refractivity contribution in [1.29, 1.82) is 0 Å². The van der Waals surface area contributed by atoms with Crippen LogP contribution in [0.5, 0.6) is 0 Å². The van der Waals surface area contributed by atoms with Crippen LogP contribution in [0.3, 0.4) is 0 Å². The Balaban J connectivity index is 1.66. The van der Waals surface area contributed by atoms with Crippen LogP contribution >= 0.6 is 0 Å². The molecule has 3 rings (SSSR count). The van der Waals surface area contributed by atoms with Gasteiger partial charge in [0, 0.05) is 31.2 Å². The number of nitrogens with one attached hydrogen (secondary N) is 1. The summed E-state index contributed by atoms with van der Waals surface area (Å²) in [6.45, 7) is 4.05. The predicted molar refractivity (Wildman–Crippen MR) is 122 cm³/mol. The molecule has 1 fully saturated rings. The highest BCUT2D eigenvalue weighted by Crippen LogP contribution is 2.23. The topological polar surface area (TPSA) is 71.4 Å². The molecule has 0 unspecified atom stereocenters. The fraction of sp³-hybridized carbons (Fsp3) is 0.480. The van der Waals surface area contributed by atoms with Crippen LogP contribution in [0.4, 0.5) is 4.39 Å². The number of nitrogens with zero attached hydrogens (tertiary/aromatic N) is 2. The molecule has 0 spiro atoms. The van der Waals surface area contributed by atoms with Gasteiger partial charge in [0.25, 0.3) is 11.5 Å². The lowest BCUT2D eigenvalue weighted by Gasteiger charge is -2.31. The molecule has 32 heavy (non-hydrogen) atoms. The van der Waals surface area contributed by atoms with Crippen molar-refractivity contribution in [2.75, 3.05) is 13.6 Å². The summed E-state index contributed by atoms with van der Waals surface area (Å²) in [5.74, 6) is -0.941. The van der Waals surface area contributed by atoms with Crippen LogP contribution in [0.1, 0.15) is 61.9 Å². The monoisotopic (exact) mass is 441 g/mol. The summed E-state index contributed by atoms with van der Waals surface area (Å²) in [4.78, 5) is 40.1. The molecule has 7 heteroatoms. The number of pyridine rings is 1. The molecule has 1 heterocycles. The molecule has 0 atom stereocenters. The van der Waals surface area contributed by atoms with E-state index in [1.165, 1.54) is 35.4 Å². The summed E-state index contributed by atoms with van der Waals surface area (Å²) >= 11 is 0. The summed E-state index contributed by atoms with van der Waals surface area (Å²) in [6, 6.07) is 9.43. The van der Waals surface area contributed by atoms with E-state index in [9.17, 15) is 18.8 Å². The second-order valence-electron chi connectivity index (χ2n) is 9.22. The van der Waals surface area contributed by atoms with Crippen LogP contribution in [0.25, 0.3) is 0 Å². The third-order valence-electron chi connectivity index (χ3n) is 6.40. The minimum atomic E-state index is -0.493. The summed E-state index contributed by atoms with van der Waals surface area (Å²) in [7, 11) is 1.79. The van der Waals surface area contributed by atoms with Gasteiger partial charge in [-0.05, 0) is 42.7 Å². The van der Waals surface area contributed by atoms with Crippen molar-refractivity contribution in [3.8, 4) is 0 Å². The molecule has 172 valence electrons. The number of hydrogen-bond donors (Lipinski definition) is 1. The van der Waals surface area contributed by atoms with E-state index >= 15 is 0 Å². The first-order valence-electron chi connectivity index (χ1n) is 11.2. The highest BCUT2D eigenvalue weighted by molar-refractivity contribution is 5.93. The van der Waals surface area contributed by atoms with Crippen LogP contribution in [0.2, 0.25) is 0 Å². The van der Waals surface area contributed by atoms with Crippen molar-refractivity contribution in [1.82, 2.24) is 14.8 Å². The smallest absolute Gasteiger partial charge is 0.263 e. The van der Waals surface area contributed by atoms with E-state index in [2.05, 4.69) is 5.32 Å². The predicted octanol–water partition coefficient (Wildman–Crippen LogP) is 3.49. The SMILES string of the molecule is CN(C(=O)Cn1cccc(C(=O)NCC(C)(C)c2ccc(F)cc2)c1=O)C1CCCCC1. The normalized spacial score (nSPS) is 14.8. The summed E-state index contributed by atoms with van der Waals surface area (Å²) in [5, 5.41) is 2.81. The second-order valence-corrected chi connectivity index (χ2v) is 9.22. The molecule has 1 N–H and O–H groups in total. The summed E-state index contributed by atoms with van der Waals surface area (Å²) < 4.78 is 14.5. The molecule has 1 saturated carbocycles. The maximum Gasteiger partial charge on any atom is 0.263 e. The van der Waals surface area contributed by atoms with Gasteiger partial charge in [-0.25, -0.2) is 4.39 Å². The zero-order chi connectivity index (χ0) is 23.3. The van der Waals surface area contributed by atoms with Crippen LogP contribution in [0, 0.1) is 5.82 Å². The lowest BCUT2D eigenvalue weighted by molar-refractivity contribution is -0.133. The minimum absolute atomic E-state index is 0.00414. The van der Waals surface area contributed by atoms with Gasteiger partial charge in [0.15, 0.2) is 0 Å². The number of halogens is 1. The van der Waals surface area contributed by atoms with Gasteiger partial charge in [0.1, 0.15) is 17.9 Å². The van der Waals surface area contributed by atoms with Crippen molar-refractivity contribution >= 4 is 11.8 Å². The Morgan fingerprint density at radius 1 is 1.12 bits per heavy atom. The number of benzene rings is 1. The Labute approximate surface area is 188 Å². The van der Waals surface area contributed by atoms with Gasteiger partial charge in [0.2, 0.25) is 5.91 Å². The lowest BCUT2D eigenvalue weighted by Crippen LogP contribution is -2.43. The van der Waals surface area contributed by atoms with Gasteiger partial charge in [-0.3, -0.25) is 14.4 Å². The average molecular weight is 442 g/mol. The Morgan fingerprint density at radius 3 is 2.44 bits per heavy atom. The Morgan fingerprint density at radius 2 is 1.78 bits per heavy atom. The summed E-state index contributed by atoms with van der Waals surface area (Å²) in [5.41, 5.74) is -0.0675. The molecule has 2 amide bonds. The first-order valence-corrected chi connectivity index (χ1v) is 11.2. The number of carbonyl (C=O) groups is 2. The van der Waals surface area contributed by atoms with E-state index in [1.807, 2.05) is 13.8 Å². The third kappa shape index (κ3) is 5.64. The van der Waals surface area contributed by atoms with Crippen molar-refractivity contribution in [2.24, 2.45) is 0 Å². The number of aromatic nitrogens is 1. The number of hydrogen-bond acceptors (Lipinski definition) is 3. The van der Waals surface area contributed by atoms with Crippen molar-refractivity contribution < 1.29 is 14.0 Å². The number of amides is 2. The van der Waals surface area contributed by atoms with E-state index in [0.29, 0.717) is 0 Å². The first kappa shape index (κ1) is 23.7. The molecule has 0 saturated heterocycles. The van der Waals surface area contributed by atoms with E-state index in [1.54, 1.807) is 30.1 Å². The third-order valence-corrected chi connectivity index (χ3v) is 6.40. The van der Waals surface area contributed by atoms with Crippen LogP contribution < -0.4 is 10.9 Å². The van der Waals surface area contributed by atoms with Gasteiger partial charge in [0.05, 0.1) is 0 Å². The molecule has 1 aromatic carbocycles. The highest BCUT2D eigenvalue weighted by atomic mass is 19.1. The van der Waals surface area contributed by atoms with Crippen LogP contribution in [0.15, 0.2) is 47.4 Å². The number of carbonyl (C=O) groups excluding carboxylic acids is 2. The molecular weight excluding hydrogens is 409 g/mol. The van der Waals surface area contributed by atoms with Gasteiger partial charge in [-0.2, -0.15) is 0 Å². The molecule has 1 aromatic heterocycles. The Kier molecular flexibility index (Phi) is 7.48. The second kappa shape index (κ2) is 10.1. The highest BCUT2D eigenvalue weighted by Gasteiger charge is 2.24. The minimum Gasteiger partial charge on any atom is -0.351 e. The number of likely N-dealkylation sites (N-methyl/N-ethyl adjacent to an activating group) is 1. The lowest BCUT2D eigenvalue weighted by atomic mass is 9.84. The van der Waals surface area contributed by atoms with Crippen molar-refractivity contribution in [2.45, 2.75) is 64.0 Å². The molecule has 0 aliphatic heterocycles. The largest absolute Gasteiger partial charge is 0.351 e. The maximum absolute atomic E-state index is 13.2. The molecular formula is C25H32FN3O3. The summed E-state index contributed by atoms with van der Waals surface area (Å²) in [6.07, 6.45) is 6.95. The van der Waals surface area contributed by atoms with Gasteiger partial charge in [-0.15, -0.1) is 0 Å². The molecule has 0 bridgehead atoms. The fourth-order valence-electron chi connectivity index (χ4n) is 4.16. The molecule has 6 nitrogen and oxygen atoms in total. The van der Waals surface area contributed by atoms with Crippen molar-refractivity contribution in [3.63, 3.8) is 0 Å². The number of rotatable bonds is 7. The quantitative estimate of drug-likeness (QED) is 0.715.